The lowest BCUT2D eigenvalue weighted by Gasteiger charge is -2.30. The average molecular weight is 368 g/mol. The van der Waals surface area contributed by atoms with E-state index in [0.29, 0.717) is 11.0 Å². The Morgan fingerprint density at radius 3 is 2.52 bits per heavy atom. The summed E-state index contributed by atoms with van der Waals surface area (Å²) in [6.07, 6.45) is -1.04. The number of benzene rings is 1. The van der Waals surface area contributed by atoms with E-state index in [4.69, 9.17) is 0 Å². The molecule has 25 heavy (non-hydrogen) atoms. The second-order valence-corrected chi connectivity index (χ2v) is 6.75. The first kappa shape index (κ1) is 17.7. The molecule has 0 spiro atoms. The number of nitrogens with zero attached hydrogens (tertiary/aromatic N) is 3. The first-order chi connectivity index (χ1) is 12.0. The number of alkyl halides is 3. The van der Waals surface area contributed by atoms with Crippen LogP contribution >= 0.6 is 11.3 Å². The number of thiazole rings is 1. The van der Waals surface area contributed by atoms with Crippen molar-refractivity contribution in [2.75, 3.05) is 18.4 Å². The quantitative estimate of drug-likeness (QED) is 0.635. The Hall–Kier alpha value is -2.09. The number of anilines is 1. The number of piperidine rings is 1. The molecule has 8 heteroatoms. The van der Waals surface area contributed by atoms with Gasteiger partial charge in [-0.05, 0) is 31.4 Å². The zero-order valence-electron chi connectivity index (χ0n) is 13.6. The fraction of sp³-hybridized carbons (Fsp3) is 0.412. The molecule has 0 aliphatic carbocycles. The Balaban J connectivity index is 1.75. The Bertz CT molecular complexity index is 706. The van der Waals surface area contributed by atoms with Gasteiger partial charge in [-0.2, -0.15) is 13.2 Å². The van der Waals surface area contributed by atoms with Crippen LogP contribution < -0.4 is 5.32 Å². The van der Waals surface area contributed by atoms with Gasteiger partial charge in [0.15, 0.2) is 11.7 Å². The molecule has 1 aliphatic heterocycles. The molecule has 1 aliphatic rings. The van der Waals surface area contributed by atoms with Gasteiger partial charge >= 0.3 is 6.18 Å². The van der Waals surface area contributed by atoms with E-state index in [2.05, 4.69) is 20.2 Å². The molecule has 0 amide bonds. The number of rotatable bonds is 3. The van der Waals surface area contributed by atoms with Crippen LogP contribution in [0.25, 0.3) is 0 Å². The summed E-state index contributed by atoms with van der Waals surface area (Å²) in [5.74, 6) is 0.689. The molecule has 0 bridgehead atoms. The van der Waals surface area contributed by atoms with Crippen molar-refractivity contribution < 1.29 is 13.2 Å². The van der Waals surface area contributed by atoms with Crippen LogP contribution in [0.1, 0.15) is 30.0 Å². The zero-order valence-corrected chi connectivity index (χ0v) is 14.4. The predicted octanol–water partition coefficient (Wildman–Crippen LogP) is 4.62. The van der Waals surface area contributed by atoms with E-state index in [1.54, 1.807) is 0 Å². The maximum atomic E-state index is 12.7. The standard InChI is InChI=1S/C17H19F3N4S/c18-17(19,20)14-12-25-15(23-14)11-21-16(24-9-5-2-6-10-24)22-13-7-3-1-4-8-13/h1,3-4,7-8,12H,2,5-6,9-11H2,(H,21,22). The molecular weight excluding hydrogens is 349 g/mol. The Labute approximate surface area is 148 Å². The van der Waals surface area contributed by atoms with Crippen molar-refractivity contribution in [3.05, 3.63) is 46.4 Å². The topological polar surface area (TPSA) is 40.5 Å². The van der Waals surface area contributed by atoms with Gasteiger partial charge in [0.05, 0.1) is 6.54 Å². The molecule has 3 rings (SSSR count). The summed E-state index contributed by atoms with van der Waals surface area (Å²) in [4.78, 5) is 10.3. The predicted molar refractivity (Wildman–Crippen MR) is 93.7 cm³/mol. The van der Waals surface area contributed by atoms with Gasteiger partial charge in [-0.3, -0.25) is 0 Å². The van der Waals surface area contributed by atoms with Crippen molar-refractivity contribution in [1.82, 2.24) is 9.88 Å². The minimum Gasteiger partial charge on any atom is -0.343 e. The Kier molecular flexibility index (Phi) is 5.57. The molecule has 0 atom stereocenters. The monoisotopic (exact) mass is 368 g/mol. The Morgan fingerprint density at radius 2 is 1.88 bits per heavy atom. The van der Waals surface area contributed by atoms with E-state index in [1.165, 1.54) is 6.42 Å². The minimum atomic E-state index is -4.41. The van der Waals surface area contributed by atoms with Gasteiger partial charge in [-0.25, -0.2) is 9.98 Å². The highest BCUT2D eigenvalue weighted by atomic mass is 32.1. The summed E-state index contributed by atoms with van der Waals surface area (Å²) >= 11 is 0.987. The maximum absolute atomic E-state index is 12.7. The summed E-state index contributed by atoms with van der Waals surface area (Å²) in [5.41, 5.74) is 0.0557. The third-order valence-corrected chi connectivity index (χ3v) is 4.73. The molecule has 1 aromatic carbocycles. The van der Waals surface area contributed by atoms with Gasteiger partial charge in [0.2, 0.25) is 0 Å². The normalized spacial score (nSPS) is 16.1. The lowest BCUT2D eigenvalue weighted by atomic mass is 10.1. The molecule has 1 saturated heterocycles. The van der Waals surface area contributed by atoms with Crippen LogP contribution in [0.5, 0.6) is 0 Å². The smallest absolute Gasteiger partial charge is 0.343 e. The largest absolute Gasteiger partial charge is 0.434 e. The summed E-state index contributed by atoms with van der Waals surface area (Å²) in [6, 6.07) is 9.64. The molecule has 2 heterocycles. The minimum absolute atomic E-state index is 0.131. The number of aromatic nitrogens is 1. The highest BCUT2D eigenvalue weighted by Gasteiger charge is 2.33. The zero-order chi connectivity index (χ0) is 17.7. The molecule has 2 aromatic rings. The average Bonchev–Trinajstić information content (AvgIpc) is 3.10. The van der Waals surface area contributed by atoms with Crippen LogP contribution in [0, 0.1) is 0 Å². The summed E-state index contributed by atoms with van der Waals surface area (Å²) in [6.45, 7) is 1.92. The number of halogens is 3. The number of likely N-dealkylation sites (tertiary alicyclic amines) is 1. The fourth-order valence-electron chi connectivity index (χ4n) is 2.63. The van der Waals surface area contributed by atoms with Crippen LogP contribution in [0.15, 0.2) is 40.7 Å². The molecular formula is C17H19F3N4S. The molecule has 0 saturated carbocycles. The second kappa shape index (κ2) is 7.86. The second-order valence-electron chi connectivity index (χ2n) is 5.80. The van der Waals surface area contributed by atoms with Gasteiger partial charge in [0, 0.05) is 24.2 Å². The van der Waals surface area contributed by atoms with Crippen LogP contribution in [0.4, 0.5) is 18.9 Å². The van der Waals surface area contributed by atoms with Crippen molar-refractivity contribution in [2.24, 2.45) is 4.99 Å². The van der Waals surface area contributed by atoms with E-state index in [9.17, 15) is 13.2 Å². The molecule has 1 fully saturated rings. The van der Waals surface area contributed by atoms with E-state index in [0.717, 1.165) is 48.3 Å². The SMILES string of the molecule is FC(F)(F)c1csc(CN=C(Nc2ccccc2)N2CCCCC2)n1. The van der Waals surface area contributed by atoms with Crippen molar-refractivity contribution in [1.29, 1.82) is 0 Å². The van der Waals surface area contributed by atoms with E-state index in [-0.39, 0.29) is 6.54 Å². The van der Waals surface area contributed by atoms with Gasteiger partial charge < -0.3 is 10.2 Å². The van der Waals surface area contributed by atoms with Crippen molar-refractivity contribution in [3.63, 3.8) is 0 Å². The number of hydrogen-bond donors (Lipinski definition) is 1. The van der Waals surface area contributed by atoms with E-state index in [1.807, 2.05) is 30.3 Å². The van der Waals surface area contributed by atoms with Crippen molar-refractivity contribution >= 4 is 23.0 Å². The first-order valence-corrected chi connectivity index (χ1v) is 9.03. The number of aliphatic imine (C=N–C) groups is 1. The van der Waals surface area contributed by atoms with Crippen LogP contribution in [0.3, 0.4) is 0 Å². The van der Waals surface area contributed by atoms with Crippen LogP contribution in [-0.2, 0) is 12.7 Å². The maximum Gasteiger partial charge on any atom is 0.434 e. The third-order valence-electron chi connectivity index (χ3n) is 3.89. The molecule has 0 unspecified atom stereocenters. The van der Waals surface area contributed by atoms with E-state index < -0.39 is 11.9 Å². The first-order valence-electron chi connectivity index (χ1n) is 8.15. The molecule has 0 radical (unpaired) electrons. The molecule has 1 aromatic heterocycles. The highest BCUT2D eigenvalue weighted by Crippen LogP contribution is 2.30. The van der Waals surface area contributed by atoms with Crippen molar-refractivity contribution in [2.45, 2.75) is 32.0 Å². The fourth-order valence-corrected chi connectivity index (χ4v) is 3.36. The molecule has 1 N–H and O–H groups in total. The van der Waals surface area contributed by atoms with Crippen LogP contribution in [0.2, 0.25) is 0 Å². The lowest BCUT2D eigenvalue weighted by molar-refractivity contribution is -0.140. The van der Waals surface area contributed by atoms with Gasteiger partial charge in [0.25, 0.3) is 0 Å². The van der Waals surface area contributed by atoms with Crippen LogP contribution in [-0.4, -0.2) is 28.9 Å². The van der Waals surface area contributed by atoms with Gasteiger partial charge in [-0.15, -0.1) is 11.3 Å². The summed E-state index contributed by atoms with van der Waals surface area (Å²) < 4.78 is 38.0. The summed E-state index contributed by atoms with van der Waals surface area (Å²) in [5, 5.41) is 4.68. The molecule has 4 nitrogen and oxygen atoms in total. The number of para-hydroxylation sites is 1. The third kappa shape index (κ3) is 4.94. The number of hydrogen-bond acceptors (Lipinski definition) is 3. The lowest BCUT2D eigenvalue weighted by Crippen LogP contribution is -2.40. The molecule has 134 valence electrons. The highest BCUT2D eigenvalue weighted by molar-refractivity contribution is 7.09. The number of guanidine groups is 1. The van der Waals surface area contributed by atoms with Gasteiger partial charge in [-0.1, -0.05) is 18.2 Å². The van der Waals surface area contributed by atoms with Gasteiger partial charge in [0.1, 0.15) is 5.01 Å². The summed E-state index contributed by atoms with van der Waals surface area (Å²) in [7, 11) is 0. The number of nitrogens with one attached hydrogen (secondary N) is 1. The Morgan fingerprint density at radius 1 is 1.16 bits per heavy atom. The van der Waals surface area contributed by atoms with E-state index >= 15 is 0 Å². The van der Waals surface area contributed by atoms with Crippen molar-refractivity contribution in [3.8, 4) is 0 Å².